The fourth-order valence-corrected chi connectivity index (χ4v) is 2.31. The Hall–Kier alpha value is -0.970. The van der Waals surface area contributed by atoms with Gasteiger partial charge in [0.15, 0.2) is 0 Å². The van der Waals surface area contributed by atoms with Gasteiger partial charge in [-0.2, -0.15) is 0 Å². The van der Waals surface area contributed by atoms with Gasteiger partial charge in [-0.1, -0.05) is 12.1 Å². The van der Waals surface area contributed by atoms with Gasteiger partial charge < -0.3 is 4.74 Å². The monoisotopic (exact) mass is 238 g/mol. The van der Waals surface area contributed by atoms with Crippen LogP contribution in [-0.4, -0.2) is 12.7 Å². The third kappa shape index (κ3) is 2.83. The molecule has 2 atom stereocenters. The molecule has 1 heterocycles. The highest BCUT2D eigenvalue weighted by atomic mass is 19.1. The summed E-state index contributed by atoms with van der Waals surface area (Å²) in [6.45, 7) is 2.54. The largest absolute Gasteiger partial charge is 0.376 e. The van der Waals surface area contributed by atoms with E-state index in [2.05, 4.69) is 5.43 Å². The molecule has 0 aliphatic carbocycles. The third-order valence-corrected chi connectivity index (χ3v) is 3.31. The van der Waals surface area contributed by atoms with Crippen molar-refractivity contribution in [2.24, 2.45) is 5.84 Å². The highest BCUT2D eigenvalue weighted by molar-refractivity contribution is 5.27. The molecule has 3 nitrogen and oxygen atoms in total. The summed E-state index contributed by atoms with van der Waals surface area (Å²) < 4.78 is 18.9. The van der Waals surface area contributed by atoms with E-state index in [0.717, 1.165) is 31.4 Å². The Morgan fingerprint density at radius 1 is 1.47 bits per heavy atom. The summed E-state index contributed by atoms with van der Waals surface area (Å²) in [6.07, 6.45) is 3.34. The molecule has 0 saturated carbocycles. The van der Waals surface area contributed by atoms with E-state index in [9.17, 15) is 4.39 Å². The fourth-order valence-electron chi connectivity index (χ4n) is 2.31. The van der Waals surface area contributed by atoms with Crippen molar-refractivity contribution in [1.82, 2.24) is 5.43 Å². The Labute approximate surface area is 101 Å². The lowest BCUT2D eigenvalue weighted by molar-refractivity contribution is -0.00824. The van der Waals surface area contributed by atoms with E-state index in [-0.39, 0.29) is 18.0 Å². The van der Waals surface area contributed by atoms with Gasteiger partial charge in [-0.05, 0) is 43.4 Å². The van der Waals surface area contributed by atoms with E-state index in [0.29, 0.717) is 5.56 Å². The van der Waals surface area contributed by atoms with Gasteiger partial charge in [-0.25, -0.2) is 4.39 Å². The summed E-state index contributed by atoms with van der Waals surface area (Å²) in [5.41, 5.74) is 4.41. The molecule has 1 aliphatic rings. The second-order valence-corrected chi connectivity index (χ2v) is 4.56. The van der Waals surface area contributed by atoms with Crippen molar-refractivity contribution in [3.05, 3.63) is 35.1 Å². The van der Waals surface area contributed by atoms with Crippen LogP contribution in [0.4, 0.5) is 4.39 Å². The lowest BCUT2D eigenvalue weighted by Crippen LogP contribution is -2.39. The van der Waals surface area contributed by atoms with Crippen LogP contribution in [0.15, 0.2) is 18.2 Å². The fraction of sp³-hybridized carbons (Fsp3) is 0.538. The molecular formula is C13H19FN2O. The van der Waals surface area contributed by atoms with E-state index in [1.165, 1.54) is 6.07 Å². The second kappa shape index (κ2) is 5.58. The summed E-state index contributed by atoms with van der Waals surface area (Å²) in [5, 5.41) is 0. The highest BCUT2D eigenvalue weighted by Crippen LogP contribution is 2.26. The molecule has 1 aromatic carbocycles. The van der Waals surface area contributed by atoms with Crippen LogP contribution in [0.3, 0.4) is 0 Å². The SMILES string of the molecule is Cc1cc(C(NN)C2CCCCO2)ccc1F. The average Bonchev–Trinajstić information content (AvgIpc) is 2.36. The maximum Gasteiger partial charge on any atom is 0.126 e. The van der Waals surface area contributed by atoms with Crippen molar-refractivity contribution in [3.63, 3.8) is 0 Å². The number of halogens is 1. The summed E-state index contributed by atoms with van der Waals surface area (Å²) in [7, 11) is 0. The standard InChI is InChI=1S/C13H19FN2O/c1-9-8-10(5-6-11(9)14)13(16-15)12-4-2-3-7-17-12/h5-6,8,12-13,16H,2-4,7,15H2,1H3. The topological polar surface area (TPSA) is 47.3 Å². The number of ether oxygens (including phenoxy) is 1. The van der Waals surface area contributed by atoms with Gasteiger partial charge in [0.25, 0.3) is 0 Å². The molecular weight excluding hydrogens is 219 g/mol. The number of hydrogen-bond donors (Lipinski definition) is 2. The minimum Gasteiger partial charge on any atom is -0.376 e. The Bertz CT molecular complexity index is 378. The van der Waals surface area contributed by atoms with E-state index < -0.39 is 0 Å². The van der Waals surface area contributed by atoms with Gasteiger partial charge in [0, 0.05) is 6.61 Å². The predicted octanol–water partition coefficient (Wildman–Crippen LogP) is 2.21. The quantitative estimate of drug-likeness (QED) is 0.627. The maximum atomic E-state index is 13.2. The zero-order chi connectivity index (χ0) is 12.3. The van der Waals surface area contributed by atoms with Crippen LogP contribution < -0.4 is 11.3 Å². The summed E-state index contributed by atoms with van der Waals surface area (Å²) in [5.74, 6) is 5.41. The van der Waals surface area contributed by atoms with Crippen LogP contribution in [-0.2, 0) is 4.74 Å². The first-order valence-electron chi connectivity index (χ1n) is 6.06. The molecule has 2 rings (SSSR count). The zero-order valence-corrected chi connectivity index (χ0v) is 10.1. The smallest absolute Gasteiger partial charge is 0.126 e. The number of aryl methyl sites for hydroxylation is 1. The Morgan fingerprint density at radius 2 is 2.29 bits per heavy atom. The van der Waals surface area contributed by atoms with E-state index >= 15 is 0 Å². The molecule has 1 aromatic rings. The van der Waals surface area contributed by atoms with E-state index in [1.54, 1.807) is 13.0 Å². The van der Waals surface area contributed by atoms with Crippen LogP contribution in [0.5, 0.6) is 0 Å². The van der Waals surface area contributed by atoms with Crippen molar-refractivity contribution in [2.75, 3.05) is 6.61 Å². The Kier molecular flexibility index (Phi) is 4.10. The molecule has 0 aromatic heterocycles. The number of rotatable bonds is 3. The van der Waals surface area contributed by atoms with Gasteiger partial charge >= 0.3 is 0 Å². The van der Waals surface area contributed by atoms with Crippen LogP contribution >= 0.6 is 0 Å². The number of hydrogen-bond acceptors (Lipinski definition) is 3. The first kappa shape index (κ1) is 12.5. The van der Waals surface area contributed by atoms with Crippen molar-refractivity contribution < 1.29 is 9.13 Å². The normalized spacial score (nSPS) is 22.4. The van der Waals surface area contributed by atoms with Crippen LogP contribution in [0.25, 0.3) is 0 Å². The molecule has 1 fully saturated rings. The average molecular weight is 238 g/mol. The second-order valence-electron chi connectivity index (χ2n) is 4.56. The molecule has 17 heavy (non-hydrogen) atoms. The van der Waals surface area contributed by atoms with Crippen LogP contribution in [0.2, 0.25) is 0 Å². The molecule has 0 radical (unpaired) electrons. The van der Waals surface area contributed by atoms with Crippen molar-refractivity contribution in [1.29, 1.82) is 0 Å². The third-order valence-electron chi connectivity index (χ3n) is 3.31. The van der Waals surface area contributed by atoms with E-state index in [1.807, 2.05) is 6.07 Å². The number of hydrazine groups is 1. The molecule has 2 unspecified atom stereocenters. The number of nitrogens with one attached hydrogen (secondary N) is 1. The Balaban J connectivity index is 2.18. The first-order chi connectivity index (χ1) is 8.22. The van der Waals surface area contributed by atoms with Gasteiger partial charge in [0.05, 0.1) is 12.1 Å². The number of nitrogens with two attached hydrogens (primary N) is 1. The van der Waals surface area contributed by atoms with E-state index in [4.69, 9.17) is 10.6 Å². The van der Waals surface area contributed by atoms with Gasteiger partial charge in [-0.15, -0.1) is 0 Å². The number of benzene rings is 1. The van der Waals surface area contributed by atoms with Gasteiger partial charge in [-0.3, -0.25) is 11.3 Å². The molecule has 4 heteroatoms. The van der Waals surface area contributed by atoms with Crippen LogP contribution in [0, 0.1) is 12.7 Å². The van der Waals surface area contributed by atoms with Gasteiger partial charge in [0.2, 0.25) is 0 Å². The van der Waals surface area contributed by atoms with Crippen molar-refractivity contribution >= 4 is 0 Å². The lowest BCUT2D eigenvalue weighted by Gasteiger charge is -2.30. The summed E-state index contributed by atoms with van der Waals surface area (Å²) in [6, 6.07) is 5.02. The Morgan fingerprint density at radius 3 is 2.88 bits per heavy atom. The van der Waals surface area contributed by atoms with Crippen molar-refractivity contribution in [3.8, 4) is 0 Å². The molecule has 0 spiro atoms. The first-order valence-corrected chi connectivity index (χ1v) is 6.06. The zero-order valence-electron chi connectivity index (χ0n) is 10.1. The molecule has 0 bridgehead atoms. The molecule has 3 N–H and O–H groups in total. The minimum absolute atomic E-state index is 0.0606. The van der Waals surface area contributed by atoms with Gasteiger partial charge in [0.1, 0.15) is 5.82 Å². The highest BCUT2D eigenvalue weighted by Gasteiger charge is 2.25. The minimum atomic E-state index is -0.186. The molecule has 1 saturated heterocycles. The van der Waals surface area contributed by atoms with Crippen LogP contribution in [0.1, 0.15) is 36.4 Å². The summed E-state index contributed by atoms with van der Waals surface area (Å²) in [4.78, 5) is 0. The van der Waals surface area contributed by atoms with Crippen molar-refractivity contribution in [2.45, 2.75) is 38.3 Å². The maximum absolute atomic E-state index is 13.2. The molecule has 0 amide bonds. The summed E-state index contributed by atoms with van der Waals surface area (Å²) >= 11 is 0. The molecule has 1 aliphatic heterocycles. The lowest BCUT2D eigenvalue weighted by atomic mass is 9.95. The molecule has 94 valence electrons. The predicted molar refractivity (Wildman–Crippen MR) is 64.8 cm³/mol.